The van der Waals surface area contributed by atoms with Gasteiger partial charge >= 0.3 is 0 Å². The summed E-state index contributed by atoms with van der Waals surface area (Å²) in [5, 5.41) is 2.81. The fourth-order valence-corrected chi connectivity index (χ4v) is 5.86. The van der Waals surface area contributed by atoms with E-state index in [1.54, 1.807) is 17.0 Å². The molecular weight excluding hydrogens is 454 g/mol. The topological polar surface area (TPSA) is 96.0 Å². The van der Waals surface area contributed by atoms with Crippen LogP contribution in [0.25, 0.3) is 0 Å². The van der Waals surface area contributed by atoms with Crippen molar-refractivity contribution >= 4 is 33.2 Å². The van der Waals surface area contributed by atoms with E-state index in [-0.39, 0.29) is 23.1 Å². The zero-order valence-electron chi connectivity index (χ0n) is 19.6. The fourth-order valence-electron chi connectivity index (χ4n) is 4.40. The summed E-state index contributed by atoms with van der Waals surface area (Å²) in [4.78, 5) is 27.6. The molecule has 2 heterocycles. The highest BCUT2D eigenvalue weighted by Crippen LogP contribution is 2.34. The molecule has 2 fully saturated rings. The van der Waals surface area contributed by atoms with Gasteiger partial charge in [-0.1, -0.05) is 38.1 Å². The van der Waals surface area contributed by atoms with Crippen LogP contribution >= 0.6 is 0 Å². The third-order valence-electron chi connectivity index (χ3n) is 6.58. The minimum absolute atomic E-state index is 0.0838. The predicted molar refractivity (Wildman–Crippen MR) is 130 cm³/mol. The number of nitrogens with one attached hydrogen (secondary N) is 1. The average molecular weight is 486 g/mol. The molecule has 2 aliphatic heterocycles. The number of carbonyl (C=O) groups excluding carboxylic acids is 2. The molecule has 2 aromatic carbocycles. The van der Waals surface area contributed by atoms with Crippen molar-refractivity contribution in [2.75, 3.05) is 43.1 Å². The Bertz CT molecular complexity index is 1160. The lowest BCUT2D eigenvalue weighted by Gasteiger charge is -2.26. The molecule has 2 amide bonds. The lowest BCUT2D eigenvalue weighted by atomic mass is 9.96. The van der Waals surface area contributed by atoms with E-state index in [1.165, 1.54) is 16.4 Å². The van der Waals surface area contributed by atoms with Gasteiger partial charge in [0, 0.05) is 37.4 Å². The van der Waals surface area contributed by atoms with Gasteiger partial charge in [-0.2, -0.15) is 4.31 Å². The summed E-state index contributed by atoms with van der Waals surface area (Å²) in [6.45, 7) is 5.86. The number of nitrogens with zero attached hydrogens (tertiary/aromatic N) is 2. The fraction of sp³-hybridized carbons (Fsp3) is 0.440. The van der Waals surface area contributed by atoms with E-state index < -0.39 is 15.9 Å². The van der Waals surface area contributed by atoms with E-state index in [4.69, 9.17) is 4.74 Å². The van der Waals surface area contributed by atoms with Gasteiger partial charge < -0.3 is 15.0 Å². The summed E-state index contributed by atoms with van der Waals surface area (Å²) in [5.74, 6) is -0.595. The number of anilines is 2. The van der Waals surface area contributed by atoms with Crippen LogP contribution in [0.3, 0.4) is 0 Å². The molecule has 0 aromatic heterocycles. The van der Waals surface area contributed by atoms with Crippen LogP contribution < -0.4 is 10.2 Å². The van der Waals surface area contributed by atoms with Gasteiger partial charge in [0.05, 0.1) is 24.0 Å². The largest absolute Gasteiger partial charge is 0.379 e. The zero-order valence-corrected chi connectivity index (χ0v) is 20.4. The maximum absolute atomic E-state index is 13.0. The Labute approximate surface area is 200 Å². The Morgan fingerprint density at radius 2 is 1.88 bits per heavy atom. The molecule has 2 aliphatic rings. The molecule has 34 heavy (non-hydrogen) atoms. The maximum atomic E-state index is 13.0. The Morgan fingerprint density at radius 1 is 1.15 bits per heavy atom. The molecule has 0 spiro atoms. The first kappa shape index (κ1) is 24.4. The molecule has 0 aliphatic carbocycles. The third kappa shape index (κ3) is 5.01. The van der Waals surface area contributed by atoms with Crippen LogP contribution in [0.1, 0.15) is 38.2 Å². The number of rotatable bonds is 7. The molecular formula is C25H31N3O5S. The van der Waals surface area contributed by atoms with Crippen molar-refractivity contribution in [2.45, 2.75) is 37.5 Å². The number of hydrogen-bond acceptors (Lipinski definition) is 5. The number of para-hydroxylation sites is 1. The lowest BCUT2D eigenvalue weighted by Crippen LogP contribution is -2.40. The smallest absolute Gasteiger partial charge is 0.243 e. The van der Waals surface area contributed by atoms with Crippen LogP contribution in [0, 0.1) is 5.92 Å². The molecule has 0 saturated carbocycles. The normalized spacial score (nSPS) is 20.4. The predicted octanol–water partition coefficient (Wildman–Crippen LogP) is 3.21. The standard InChI is InChI=1S/C25H31N3O5S/c1-3-18(2)22-9-4-5-10-23(22)28-17-19(15-24(28)29)25(30)26-20-7-6-8-21(16-20)34(31,32)27-11-13-33-14-12-27/h4-10,16,18-19H,3,11-15,17H2,1-2H3,(H,26,30)/t18-,19+/m0/s1. The highest BCUT2D eigenvalue weighted by Gasteiger charge is 2.36. The van der Waals surface area contributed by atoms with Gasteiger partial charge in [0.15, 0.2) is 0 Å². The molecule has 0 radical (unpaired) electrons. The second-order valence-corrected chi connectivity index (χ2v) is 10.7. The van der Waals surface area contributed by atoms with E-state index >= 15 is 0 Å². The number of benzene rings is 2. The number of ether oxygens (including phenoxy) is 1. The summed E-state index contributed by atoms with van der Waals surface area (Å²) in [6.07, 6.45) is 1.07. The summed E-state index contributed by atoms with van der Waals surface area (Å²) < 4.78 is 32.5. The first-order valence-electron chi connectivity index (χ1n) is 11.7. The molecule has 4 rings (SSSR count). The van der Waals surface area contributed by atoms with E-state index in [0.717, 1.165) is 17.7 Å². The van der Waals surface area contributed by atoms with E-state index in [9.17, 15) is 18.0 Å². The van der Waals surface area contributed by atoms with Crippen LogP contribution in [0.15, 0.2) is 53.4 Å². The minimum atomic E-state index is -3.67. The summed E-state index contributed by atoms with van der Waals surface area (Å²) in [7, 11) is -3.67. The monoisotopic (exact) mass is 485 g/mol. The van der Waals surface area contributed by atoms with Gasteiger partial charge in [-0.25, -0.2) is 8.42 Å². The van der Waals surface area contributed by atoms with Gasteiger partial charge in [0.1, 0.15) is 0 Å². The Morgan fingerprint density at radius 3 is 2.62 bits per heavy atom. The molecule has 182 valence electrons. The maximum Gasteiger partial charge on any atom is 0.243 e. The highest BCUT2D eigenvalue weighted by atomic mass is 32.2. The van der Waals surface area contributed by atoms with Gasteiger partial charge in [-0.3, -0.25) is 9.59 Å². The van der Waals surface area contributed by atoms with Crippen molar-refractivity contribution in [3.05, 3.63) is 54.1 Å². The van der Waals surface area contributed by atoms with Crippen molar-refractivity contribution in [2.24, 2.45) is 5.92 Å². The van der Waals surface area contributed by atoms with Crippen molar-refractivity contribution < 1.29 is 22.7 Å². The lowest BCUT2D eigenvalue weighted by molar-refractivity contribution is -0.122. The van der Waals surface area contributed by atoms with Crippen molar-refractivity contribution in [1.82, 2.24) is 4.31 Å². The molecule has 2 atom stereocenters. The third-order valence-corrected chi connectivity index (χ3v) is 8.47. The Kier molecular flexibility index (Phi) is 7.35. The van der Waals surface area contributed by atoms with Crippen LogP contribution in [0.5, 0.6) is 0 Å². The molecule has 9 heteroatoms. The highest BCUT2D eigenvalue weighted by molar-refractivity contribution is 7.89. The average Bonchev–Trinajstić information content (AvgIpc) is 3.26. The number of hydrogen-bond donors (Lipinski definition) is 1. The summed E-state index contributed by atoms with van der Waals surface area (Å²) >= 11 is 0. The first-order chi connectivity index (χ1) is 16.3. The Balaban J connectivity index is 1.47. The minimum Gasteiger partial charge on any atom is -0.379 e. The van der Waals surface area contributed by atoms with Crippen molar-refractivity contribution in [1.29, 1.82) is 0 Å². The van der Waals surface area contributed by atoms with Gasteiger partial charge in [0.2, 0.25) is 21.8 Å². The van der Waals surface area contributed by atoms with Crippen LogP contribution in [0.4, 0.5) is 11.4 Å². The SMILES string of the molecule is CC[C@H](C)c1ccccc1N1C[C@H](C(=O)Nc2cccc(S(=O)(=O)N3CCOCC3)c2)CC1=O. The molecule has 2 aromatic rings. The second kappa shape index (κ2) is 10.2. The first-order valence-corrected chi connectivity index (χ1v) is 13.1. The molecule has 0 bridgehead atoms. The van der Waals surface area contributed by atoms with E-state index in [0.29, 0.717) is 44.5 Å². The van der Waals surface area contributed by atoms with Crippen LogP contribution in [-0.2, 0) is 24.3 Å². The van der Waals surface area contributed by atoms with Crippen LogP contribution in [0.2, 0.25) is 0 Å². The second-order valence-electron chi connectivity index (χ2n) is 8.81. The summed E-state index contributed by atoms with van der Waals surface area (Å²) in [6, 6.07) is 14.1. The zero-order chi connectivity index (χ0) is 24.3. The van der Waals surface area contributed by atoms with Gasteiger partial charge in [-0.15, -0.1) is 0 Å². The van der Waals surface area contributed by atoms with Crippen molar-refractivity contribution in [3.63, 3.8) is 0 Å². The van der Waals surface area contributed by atoms with Gasteiger partial charge in [-0.05, 0) is 42.2 Å². The van der Waals surface area contributed by atoms with Crippen molar-refractivity contribution in [3.8, 4) is 0 Å². The van der Waals surface area contributed by atoms with E-state index in [1.807, 2.05) is 24.3 Å². The molecule has 8 nitrogen and oxygen atoms in total. The molecule has 2 saturated heterocycles. The molecule has 0 unspecified atom stereocenters. The summed E-state index contributed by atoms with van der Waals surface area (Å²) in [5.41, 5.74) is 2.35. The van der Waals surface area contributed by atoms with Gasteiger partial charge in [0.25, 0.3) is 0 Å². The molecule has 1 N–H and O–H groups in total. The Hall–Kier alpha value is -2.75. The number of amides is 2. The van der Waals surface area contributed by atoms with Crippen LogP contribution in [-0.4, -0.2) is 57.4 Å². The number of sulfonamides is 1. The van der Waals surface area contributed by atoms with E-state index in [2.05, 4.69) is 19.2 Å². The number of morpholine rings is 1. The quantitative estimate of drug-likeness (QED) is 0.650. The number of carbonyl (C=O) groups is 2.